The molecule has 0 spiro atoms. The predicted molar refractivity (Wildman–Crippen MR) is 71.7 cm³/mol. The Morgan fingerprint density at radius 3 is 2.75 bits per heavy atom. The molecule has 2 rings (SSSR count). The van der Waals surface area contributed by atoms with Gasteiger partial charge in [-0.15, -0.1) is 0 Å². The average molecular weight is 300 g/mol. The van der Waals surface area contributed by atoms with E-state index in [1.165, 1.54) is 17.4 Å². The number of nitrogens with one attached hydrogen (secondary N) is 1. The van der Waals surface area contributed by atoms with Gasteiger partial charge in [0, 0.05) is 25.7 Å². The van der Waals surface area contributed by atoms with Crippen LogP contribution < -0.4 is 5.32 Å². The summed E-state index contributed by atoms with van der Waals surface area (Å²) in [4.78, 5) is 13.6. The maximum Gasteiger partial charge on any atom is 0.287 e. The third kappa shape index (κ3) is 2.94. The number of nitrogens with zero attached hydrogens (tertiary/aromatic N) is 3. The molecule has 1 aromatic rings. The van der Waals surface area contributed by atoms with Crippen molar-refractivity contribution in [3.63, 3.8) is 0 Å². The Morgan fingerprint density at radius 1 is 1.50 bits per heavy atom. The number of nitro groups is 1. The Hall–Kier alpha value is -1.58. The van der Waals surface area contributed by atoms with E-state index in [1.54, 1.807) is 0 Å². The van der Waals surface area contributed by atoms with E-state index < -0.39 is 14.9 Å². The molecule has 1 saturated heterocycles. The van der Waals surface area contributed by atoms with Gasteiger partial charge in [-0.3, -0.25) is 10.1 Å². The number of piperidine rings is 1. The molecule has 0 bridgehead atoms. The van der Waals surface area contributed by atoms with Gasteiger partial charge in [0.2, 0.25) is 0 Å². The molecule has 1 atom stereocenters. The number of rotatable bonds is 4. The summed E-state index contributed by atoms with van der Waals surface area (Å²) in [5.41, 5.74) is -0.231. The molecule has 1 fully saturated rings. The average Bonchev–Trinajstić information content (AvgIpc) is 2.47. The molecular formula is C11H16N4O4S. The van der Waals surface area contributed by atoms with Crippen molar-refractivity contribution < 1.29 is 13.3 Å². The molecule has 0 radical (unpaired) electrons. The molecule has 0 aliphatic carbocycles. The van der Waals surface area contributed by atoms with Gasteiger partial charge in [0.25, 0.3) is 15.7 Å². The number of likely N-dealkylation sites (N-methyl/N-ethyl adjacent to an activating group) is 1. The van der Waals surface area contributed by atoms with E-state index in [2.05, 4.69) is 10.3 Å². The van der Waals surface area contributed by atoms with Gasteiger partial charge in [-0.1, -0.05) is 0 Å². The van der Waals surface area contributed by atoms with Crippen molar-refractivity contribution >= 4 is 15.7 Å². The molecule has 1 unspecified atom stereocenters. The van der Waals surface area contributed by atoms with E-state index in [-0.39, 0.29) is 16.8 Å². The molecule has 20 heavy (non-hydrogen) atoms. The first-order valence-corrected chi connectivity index (χ1v) is 7.66. The molecular weight excluding hydrogens is 284 g/mol. The maximum atomic E-state index is 12.4. The van der Waals surface area contributed by atoms with Crippen LogP contribution in [0.25, 0.3) is 0 Å². The molecule has 0 saturated carbocycles. The Morgan fingerprint density at radius 2 is 2.25 bits per heavy atom. The lowest BCUT2D eigenvalue weighted by Gasteiger charge is -2.30. The van der Waals surface area contributed by atoms with Crippen molar-refractivity contribution in [1.82, 2.24) is 14.6 Å². The number of hydrogen-bond donors (Lipinski definition) is 1. The third-order valence-electron chi connectivity index (χ3n) is 3.36. The fourth-order valence-corrected chi connectivity index (χ4v) is 3.41. The van der Waals surface area contributed by atoms with E-state index in [9.17, 15) is 18.5 Å². The van der Waals surface area contributed by atoms with Gasteiger partial charge < -0.3 is 5.32 Å². The van der Waals surface area contributed by atoms with Crippen LogP contribution in [0, 0.1) is 10.1 Å². The van der Waals surface area contributed by atoms with E-state index in [1.807, 2.05) is 0 Å². The van der Waals surface area contributed by atoms with Crippen LogP contribution >= 0.6 is 0 Å². The normalized spacial score (nSPS) is 20.0. The van der Waals surface area contributed by atoms with Crippen molar-refractivity contribution in [3.05, 3.63) is 28.4 Å². The van der Waals surface area contributed by atoms with Gasteiger partial charge in [0.1, 0.15) is 6.20 Å². The Labute approximate surface area is 117 Å². The minimum atomic E-state index is -3.72. The van der Waals surface area contributed by atoms with Crippen LogP contribution in [0.4, 0.5) is 5.69 Å². The molecule has 1 aliphatic rings. The van der Waals surface area contributed by atoms with Crippen molar-refractivity contribution in [2.45, 2.75) is 23.9 Å². The summed E-state index contributed by atoms with van der Waals surface area (Å²) in [6.07, 6.45) is 2.66. The summed E-state index contributed by atoms with van der Waals surface area (Å²) in [6.45, 7) is 1.49. The van der Waals surface area contributed by atoms with Gasteiger partial charge in [-0.2, -0.15) is 4.31 Å². The highest BCUT2D eigenvalue weighted by Gasteiger charge is 2.30. The fourth-order valence-electron chi connectivity index (χ4n) is 2.12. The second-order valence-electron chi connectivity index (χ2n) is 4.63. The molecule has 2 heterocycles. The summed E-state index contributed by atoms with van der Waals surface area (Å²) in [5, 5.41) is 13.5. The Balaban J connectivity index is 2.22. The zero-order chi connectivity index (χ0) is 14.8. The van der Waals surface area contributed by atoms with E-state index in [0.717, 1.165) is 31.6 Å². The van der Waals surface area contributed by atoms with Gasteiger partial charge in [-0.25, -0.2) is 13.4 Å². The van der Waals surface area contributed by atoms with E-state index in [0.29, 0.717) is 6.54 Å². The van der Waals surface area contributed by atoms with Crippen molar-refractivity contribution in [3.8, 4) is 0 Å². The van der Waals surface area contributed by atoms with Crippen LogP contribution in [-0.2, 0) is 10.0 Å². The summed E-state index contributed by atoms with van der Waals surface area (Å²) in [6, 6.07) is 2.19. The van der Waals surface area contributed by atoms with Gasteiger partial charge >= 0.3 is 0 Å². The topological polar surface area (TPSA) is 105 Å². The molecule has 9 heteroatoms. The molecule has 8 nitrogen and oxygen atoms in total. The summed E-state index contributed by atoms with van der Waals surface area (Å²) in [7, 11) is -2.21. The number of aromatic nitrogens is 1. The fraction of sp³-hybridized carbons (Fsp3) is 0.545. The van der Waals surface area contributed by atoms with Gasteiger partial charge in [0.15, 0.2) is 5.03 Å². The lowest BCUT2D eigenvalue weighted by Crippen LogP contribution is -2.46. The number of sulfonamides is 1. The van der Waals surface area contributed by atoms with Crippen molar-refractivity contribution in [2.24, 2.45) is 0 Å². The maximum absolute atomic E-state index is 12.4. The highest BCUT2D eigenvalue weighted by molar-refractivity contribution is 7.89. The largest absolute Gasteiger partial charge is 0.315 e. The first kappa shape index (κ1) is 14.8. The third-order valence-corrected chi connectivity index (χ3v) is 5.19. The lowest BCUT2D eigenvalue weighted by atomic mass is 10.1. The second-order valence-corrected chi connectivity index (χ2v) is 6.58. The molecule has 110 valence electrons. The minimum absolute atomic E-state index is 0.120. The van der Waals surface area contributed by atoms with Crippen LogP contribution in [0.3, 0.4) is 0 Å². The number of hydrogen-bond acceptors (Lipinski definition) is 6. The SMILES string of the molecule is CN(C1CCCNC1)S(=O)(=O)c1ccc([N+](=O)[O-])cn1. The predicted octanol–water partition coefficient (Wildman–Crippen LogP) is 0.362. The smallest absolute Gasteiger partial charge is 0.287 e. The highest BCUT2D eigenvalue weighted by atomic mass is 32.2. The van der Waals surface area contributed by atoms with Crippen LogP contribution in [0.5, 0.6) is 0 Å². The lowest BCUT2D eigenvalue weighted by molar-refractivity contribution is -0.385. The van der Waals surface area contributed by atoms with Crippen molar-refractivity contribution in [2.75, 3.05) is 20.1 Å². The van der Waals surface area contributed by atoms with Crippen molar-refractivity contribution in [1.29, 1.82) is 0 Å². The first-order chi connectivity index (χ1) is 9.43. The zero-order valence-electron chi connectivity index (χ0n) is 11.0. The van der Waals surface area contributed by atoms with E-state index >= 15 is 0 Å². The Bertz CT molecular complexity index is 581. The number of pyridine rings is 1. The second kappa shape index (κ2) is 5.81. The summed E-state index contributed by atoms with van der Waals surface area (Å²) in [5.74, 6) is 0. The first-order valence-electron chi connectivity index (χ1n) is 6.22. The minimum Gasteiger partial charge on any atom is -0.315 e. The zero-order valence-corrected chi connectivity index (χ0v) is 11.8. The quantitative estimate of drug-likeness (QED) is 0.636. The van der Waals surface area contributed by atoms with Crippen LogP contribution in [0.2, 0.25) is 0 Å². The van der Waals surface area contributed by atoms with E-state index in [4.69, 9.17) is 0 Å². The molecule has 1 aliphatic heterocycles. The molecule has 1 N–H and O–H groups in total. The van der Waals surface area contributed by atoms with Crippen LogP contribution in [-0.4, -0.2) is 48.8 Å². The monoisotopic (exact) mass is 300 g/mol. The standard InChI is InChI=1S/C11H16N4O4S/c1-14(9-3-2-6-12-7-9)20(18,19)11-5-4-10(8-13-11)15(16)17/h4-5,8-9,12H,2-3,6-7H2,1H3. The van der Waals surface area contributed by atoms with Crippen LogP contribution in [0.15, 0.2) is 23.4 Å². The van der Waals surface area contributed by atoms with Gasteiger partial charge in [-0.05, 0) is 25.5 Å². The highest BCUT2D eigenvalue weighted by Crippen LogP contribution is 2.19. The van der Waals surface area contributed by atoms with Crippen LogP contribution in [0.1, 0.15) is 12.8 Å². The van der Waals surface area contributed by atoms with Gasteiger partial charge in [0.05, 0.1) is 4.92 Å². The Kier molecular flexibility index (Phi) is 4.31. The molecule has 0 aromatic carbocycles. The molecule has 0 amide bonds. The summed E-state index contributed by atoms with van der Waals surface area (Å²) < 4.78 is 26.0. The molecule has 1 aromatic heterocycles. The summed E-state index contributed by atoms with van der Waals surface area (Å²) >= 11 is 0.